The minimum absolute atomic E-state index is 0.521. The maximum atomic E-state index is 5.83. The lowest BCUT2D eigenvalue weighted by Crippen LogP contribution is -1.92. The Morgan fingerprint density at radius 1 is 1.18 bits per heavy atom. The van der Waals surface area contributed by atoms with Crippen molar-refractivity contribution in [3.8, 4) is 11.5 Å². The topological polar surface area (TPSA) is 22.1 Å². The molecule has 0 N–H and O–H groups in total. The molecule has 1 aromatic heterocycles. The normalized spacial score (nSPS) is 10.3. The van der Waals surface area contributed by atoms with Crippen molar-refractivity contribution in [2.75, 3.05) is 0 Å². The molecule has 0 radical (unpaired) electrons. The zero-order valence-electron chi connectivity index (χ0n) is 9.90. The molecule has 88 valence electrons. The van der Waals surface area contributed by atoms with Crippen LogP contribution in [0.2, 0.25) is 0 Å². The summed E-state index contributed by atoms with van der Waals surface area (Å²) < 4.78 is 5.83. The molecule has 0 atom stereocenters. The van der Waals surface area contributed by atoms with Crippen LogP contribution >= 0.6 is 11.6 Å². The highest BCUT2D eigenvalue weighted by atomic mass is 35.5. The molecule has 0 amide bonds. The van der Waals surface area contributed by atoms with Gasteiger partial charge in [-0.3, -0.25) is 4.98 Å². The summed E-state index contributed by atoms with van der Waals surface area (Å²) in [6, 6.07) is 9.73. The van der Waals surface area contributed by atoms with Gasteiger partial charge < -0.3 is 4.74 Å². The number of rotatable bonds is 3. The number of benzene rings is 1. The van der Waals surface area contributed by atoms with Crippen LogP contribution < -0.4 is 4.74 Å². The Labute approximate surface area is 106 Å². The highest BCUT2D eigenvalue weighted by Crippen LogP contribution is 2.27. The lowest BCUT2D eigenvalue weighted by atomic mass is 10.1. The molecule has 2 nitrogen and oxygen atoms in total. The largest absolute Gasteiger partial charge is 0.455 e. The second-order valence-corrected chi connectivity index (χ2v) is 4.19. The van der Waals surface area contributed by atoms with Gasteiger partial charge in [0.1, 0.15) is 11.5 Å². The molecule has 0 fully saturated rings. The summed E-state index contributed by atoms with van der Waals surface area (Å²) in [7, 11) is 0. The molecular weight excluding hydrogens is 234 g/mol. The Bertz CT molecular complexity index is 525. The smallest absolute Gasteiger partial charge is 0.148 e. The molecule has 3 heteroatoms. The van der Waals surface area contributed by atoms with Gasteiger partial charge in [-0.05, 0) is 43.2 Å². The molecular formula is C14H14ClNO. The van der Waals surface area contributed by atoms with E-state index in [0.717, 1.165) is 28.3 Å². The molecule has 1 heterocycles. The summed E-state index contributed by atoms with van der Waals surface area (Å²) in [5.74, 6) is 2.15. The molecule has 0 saturated heterocycles. The third-order valence-corrected chi connectivity index (χ3v) is 2.88. The van der Waals surface area contributed by atoms with Crippen molar-refractivity contribution in [1.82, 2.24) is 4.98 Å². The predicted octanol–water partition coefficient (Wildman–Crippen LogP) is 4.23. The van der Waals surface area contributed by atoms with Crippen LogP contribution in [0.4, 0.5) is 0 Å². The van der Waals surface area contributed by atoms with Gasteiger partial charge in [0.2, 0.25) is 0 Å². The van der Waals surface area contributed by atoms with E-state index < -0.39 is 0 Å². The molecule has 2 aromatic rings. The first-order valence-corrected chi connectivity index (χ1v) is 5.99. The summed E-state index contributed by atoms with van der Waals surface area (Å²) >= 11 is 5.79. The number of nitrogens with zero attached hydrogens (tertiary/aromatic N) is 1. The Morgan fingerprint density at radius 3 is 2.65 bits per heavy atom. The fraction of sp³-hybridized carbons (Fsp3) is 0.214. The Kier molecular flexibility index (Phi) is 3.64. The molecule has 0 aliphatic heterocycles. The second-order valence-electron chi connectivity index (χ2n) is 3.92. The standard InChI is InChI=1S/C14H14ClNO/c1-10-8-12(9-15)5-6-13(10)17-14-4-3-7-16-11(14)2/h3-8H,9H2,1-2H3. The molecule has 0 aliphatic carbocycles. The van der Waals surface area contributed by atoms with Gasteiger partial charge in [0.05, 0.1) is 5.69 Å². The molecule has 2 rings (SSSR count). The van der Waals surface area contributed by atoms with E-state index in [0.29, 0.717) is 5.88 Å². The van der Waals surface area contributed by atoms with Crippen molar-refractivity contribution >= 4 is 11.6 Å². The number of hydrogen-bond donors (Lipinski definition) is 0. The number of ether oxygens (including phenoxy) is 1. The molecule has 17 heavy (non-hydrogen) atoms. The third-order valence-electron chi connectivity index (χ3n) is 2.57. The van der Waals surface area contributed by atoms with Gasteiger partial charge in [0.15, 0.2) is 0 Å². The summed E-state index contributed by atoms with van der Waals surface area (Å²) in [6.07, 6.45) is 1.76. The summed E-state index contributed by atoms with van der Waals surface area (Å²) in [5, 5.41) is 0. The Hall–Kier alpha value is -1.54. The van der Waals surface area contributed by atoms with Gasteiger partial charge in [-0.25, -0.2) is 0 Å². The minimum atomic E-state index is 0.521. The first-order valence-electron chi connectivity index (χ1n) is 5.45. The quantitative estimate of drug-likeness (QED) is 0.758. The van der Waals surface area contributed by atoms with Crippen LogP contribution in [-0.4, -0.2) is 4.98 Å². The molecule has 0 aliphatic rings. The first kappa shape index (κ1) is 11.9. The average molecular weight is 248 g/mol. The van der Waals surface area contributed by atoms with Gasteiger partial charge in [0.25, 0.3) is 0 Å². The maximum Gasteiger partial charge on any atom is 0.148 e. The van der Waals surface area contributed by atoms with E-state index in [1.165, 1.54) is 0 Å². The highest BCUT2D eigenvalue weighted by molar-refractivity contribution is 6.17. The second kappa shape index (κ2) is 5.19. The number of aromatic nitrogens is 1. The number of alkyl halides is 1. The summed E-state index contributed by atoms with van der Waals surface area (Å²) in [4.78, 5) is 4.19. The van der Waals surface area contributed by atoms with Crippen LogP contribution in [0.1, 0.15) is 16.8 Å². The number of halogens is 1. The fourth-order valence-electron chi connectivity index (χ4n) is 1.60. The van der Waals surface area contributed by atoms with E-state index in [4.69, 9.17) is 16.3 Å². The van der Waals surface area contributed by atoms with Crippen LogP contribution in [-0.2, 0) is 5.88 Å². The third kappa shape index (κ3) is 2.77. The number of aryl methyl sites for hydroxylation is 2. The van der Waals surface area contributed by atoms with E-state index in [-0.39, 0.29) is 0 Å². The Morgan fingerprint density at radius 2 is 2.00 bits per heavy atom. The SMILES string of the molecule is Cc1cc(CCl)ccc1Oc1cccnc1C. The van der Waals surface area contributed by atoms with Crippen molar-refractivity contribution < 1.29 is 4.74 Å². The zero-order chi connectivity index (χ0) is 12.3. The van der Waals surface area contributed by atoms with Crippen molar-refractivity contribution in [3.63, 3.8) is 0 Å². The molecule has 1 aromatic carbocycles. The van der Waals surface area contributed by atoms with E-state index in [9.17, 15) is 0 Å². The number of pyridine rings is 1. The zero-order valence-corrected chi connectivity index (χ0v) is 10.7. The monoisotopic (exact) mass is 247 g/mol. The summed E-state index contributed by atoms with van der Waals surface area (Å²) in [5.41, 5.74) is 3.05. The van der Waals surface area contributed by atoms with Crippen LogP contribution in [0.3, 0.4) is 0 Å². The molecule has 0 bridgehead atoms. The van der Waals surface area contributed by atoms with Crippen LogP contribution in [0.5, 0.6) is 11.5 Å². The lowest BCUT2D eigenvalue weighted by molar-refractivity contribution is 0.472. The number of hydrogen-bond acceptors (Lipinski definition) is 2. The molecule has 0 spiro atoms. The molecule has 0 unspecified atom stereocenters. The lowest BCUT2D eigenvalue weighted by Gasteiger charge is -2.10. The van der Waals surface area contributed by atoms with Crippen LogP contribution in [0.25, 0.3) is 0 Å². The van der Waals surface area contributed by atoms with E-state index >= 15 is 0 Å². The Balaban J connectivity index is 2.28. The van der Waals surface area contributed by atoms with Crippen LogP contribution in [0, 0.1) is 13.8 Å². The van der Waals surface area contributed by atoms with E-state index in [1.807, 2.05) is 44.2 Å². The molecule has 0 saturated carbocycles. The van der Waals surface area contributed by atoms with Crippen molar-refractivity contribution in [3.05, 3.63) is 53.3 Å². The predicted molar refractivity (Wildman–Crippen MR) is 69.8 cm³/mol. The van der Waals surface area contributed by atoms with Gasteiger partial charge in [-0.2, -0.15) is 0 Å². The fourth-order valence-corrected chi connectivity index (χ4v) is 1.77. The van der Waals surface area contributed by atoms with Crippen molar-refractivity contribution in [2.24, 2.45) is 0 Å². The average Bonchev–Trinajstić information content (AvgIpc) is 2.34. The van der Waals surface area contributed by atoms with Gasteiger partial charge in [0, 0.05) is 12.1 Å². The van der Waals surface area contributed by atoms with Gasteiger partial charge >= 0.3 is 0 Å². The van der Waals surface area contributed by atoms with Crippen molar-refractivity contribution in [2.45, 2.75) is 19.7 Å². The van der Waals surface area contributed by atoms with Gasteiger partial charge in [-0.15, -0.1) is 11.6 Å². The van der Waals surface area contributed by atoms with Crippen molar-refractivity contribution in [1.29, 1.82) is 0 Å². The first-order chi connectivity index (χ1) is 8.20. The van der Waals surface area contributed by atoms with E-state index in [1.54, 1.807) is 6.20 Å². The van der Waals surface area contributed by atoms with E-state index in [2.05, 4.69) is 4.98 Å². The van der Waals surface area contributed by atoms with Crippen LogP contribution in [0.15, 0.2) is 36.5 Å². The minimum Gasteiger partial charge on any atom is -0.455 e. The maximum absolute atomic E-state index is 5.83. The van der Waals surface area contributed by atoms with Gasteiger partial charge in [-0.1, -0.05) is 12.1 Å². The highest BCUT2D eigenvalue weighted by Gasteiger charge is 2.05. The summed E-state index contributed by atoms with van der Waals surface area (Å²) in [6.45, 7) is 3.94.